The Morgan fingerprint density at radius 1 is 1.32 bits per heavy atom. The first-order valence-corrected chi connectivity index (χ1v) is 8.58. The van der Waals surface area contributed by atoms with Crippen molar-refractivity contribution in [1.29, 1.82) is 0 Å². The van der Waals surface area contributed by atoms with Gasteiger partial charge >= 0.3 is 5.97 Å². The van der Waals surface area contributed by atoms with Gasteiger partial charge in [-0.3, -0.25) is 9.59 Å². The average molecular weight is 342 g/mol. The van der Waals surface area contributed by atoms with Crippen LogP contribution in [0.25, 0.3) is 11.5 Å². The molecule has 1 amide bonds. The molecule has 2 aromatic rings. The van der Waals surface area contributed by atoms with Crippen molar-refractivity contribution in [2.45, 2.75) is 32.6 Å². The van der Waals surface area contributed by atoms with Gasteiger partial charge < -0.3 is 14.4 Å². The summed E-state index contributed by atoms with van der Waals surface area (Å²) in [4.78, 5) is 29.7. The average Bonchev–Trinajstić information content (AvgIpc) is 3.02. The molecule has 1 aromatic carbocycles. The van der Waals surface area contributed by atoms with Crippen molar-refractivity contribution in [1.82, 2.24) is 9.88 Å². The maximum atomic E-state index is 12.8. The molecule has 1 aliphatic rings. The largest absolute Gasteiger partial charge is 0.481 e. The lowest BCUT2D eigenvalue weighted by molar-refractivity contribution is -0.137. The van der Waals surface area contributed by atoms with Gasteiger partial charge in [0, 0.05) is 25.1 Å². The molecule has 0 spiro atoms. The second-order valence-corrected chi connectivity index (χ2v) is 6.49. The fourth-order valence-corrected chi connectivity index (χ4v) is 3.26. The van der Waals surface area contributed by atoms with Crippen LogP contribution in [0.1, 0.15) is 41.9 Å². The van der Waals surface area contributed by atoms with E-state index in [0.29, 0.717) is 31.1 Å². The van der Waals surface area contributed by atoms with Gasteiger partial charge in [0.1, 0.15) is 0 Å². The Hall–Kier alpha value is -2.63. The third kappa shape index (κ3) is 4.07. The van der Waals surface area contributed by atoms with Gasteiger partial charge in [-0.25, -0.2) is 4.98 Å². The number of hydrogen-bond acceptors (Lipinski definition) is 4. The molecule has 1 unspecified atom stereocenters. The minimum Gasteiger partial charge on any atom is -0.481 e. The lowest BCUT2D eigenvalue weighted by Gasteiger charge is -2.32. The Balaban J connectivity index is 1.72. The molecule has 0 saturated carbocycles. The lowest BCUT2D eigenvalue weighted by atomic mass is 9.93. The fraction of sp³-hybridized carbons (Fsp3) is 0.421. The zero-order chi connectivity index (χ0) is 17.8. The van der Waals surface area contributed by atoms with E-state index in [1.54, 1.807) is 11.8 Å². The summed E-state index contributed by atoms with van der Waals surface area (Å²) in [5.74, 6) is -0.00140. The molecule has 1 atom stereocenters. The van der Waals surface area contributed by atoms with Crippen molar-refractivity contribution < 1.29 is 19.1 Å². The number of aliphatic carboxylic acids is 1. The summed E-state index contributed by atoms with van der Waals surface area (Å²) >= 11 is 0. The van der Waals surface area contributed by atoms with Crippen LogP contribution in [-0.4, -0.2) is 40.0 Å². The topological polar surface area (TPSA) is 83.6 Å². The highest BCUT2D eigenvalue weighted by molar-refractivity contribution is 5.93. The third-order valence-electron chi connectivity index (χ3n) is 4.58. The highest BCUT2D eigenvalue weighted by Crippen LogP contribution is 2.26. The summed E-state index contributed by atoms with van der Waals surface area (Å²) in [5, 5.41) is 8.84. The minimum absolute atomic E-state index is 0.145. The molecule has 0 radical (unpaired) electrons. The highest BCUT2D eigenvalue weighted by Gasteiger charge is 2.28. The molecule has 6 nitrogen and oxygen atoms in total. The summed E-state index contributed by atoms with van der Waals surface area (Å²) in [6, 6.07) is 9.49. The Labute approximate surface area is 146 Å². The normalized spacial score (nSPS) is 17.5. The second-order valence-electron chi connectivity index (χ2n) is 6.49. The predicted molar refractivity (Wildman–Crippen MR) is 92.2 cm³/mol. The van der Waals surface area contributed by atoms with E-state index in [-0.39, 0.29) is 24.0 Å². The number of carboxylic acid groups (broad SMARTS) is 1. The predicted octanol–water partition coefficient (Wildman–Crippen LogP) is 3.37. The number of oxazole rings is 1. The molecule has 132 valence electrons. The Kier molecular flexibility index (Phi) is 5.16. The summed E-state index contributed by atoms with van der Waals surface area (Å²) in [5.41, 5.74) is 1.42. The second kappa shape index (κ2) is 7.51. The Bertz CT molecular complexity index is 754. The number of aryl methyl sites for hydroxylation is 1. The smallest absolute Gasteiger partial charge is 0.303 e. The summed E-state index contributed by atoms with van der Waals surface area (Å²) < 4.78 is 5.75. The summed E-state index contributed by atoms with van der Waals surface area (Å²) in [6.45, 7) is 3.02. The summed E-state index contributed by atoms with van der Waals surface area (Å²) in [7, 11) is 0. The van der Waals surface area contributed by atoms with E-state index in [1.807, 2.05) is 30.3 Å². The molecule has 25 heavy (non-hydrogen) atoms. The molecular formula is C19H22N2O4. The van der Waals surface area contributed by atoms with Gasteiger partial charge in [-0.2, -0.15) is 0 Å². The van der Waals surface area contributed by atoms with Crippen LogP contribution in [0.3, 0.4) is 0 Å². The van der Waals surface area contributed by atoms with E-state index in [0.717, 1.165) is 18.4 Å². The number of aromatic nitrogens is 1. The van der Waals surface area contributed by atoms with Crippen LogP contribution in [0.2, 0.25) is 0 Å². The van der Waals surface area contributed by atoms with Crippen LogP contribution < -0.4 is 0 Å². The third-order valence-corrected chi connectivity index (χ3v) is 4.58. The molecule has 1 saturated heterocycles. The molecule has 1 fully saturated rings. The number of nitrogens with zero attached hydrogens (tertiary/aromatic N) is 2. The first kappa shape index (κ1) is 17.2. The Morgan fingerprint density at radius 3 is 2.80 bits per heavy atom. The van der Waals surface area contributed by atoms with E-state index in [1.165, 1.54) is 0 Å². The van der Waals surface area contributed by atoms with E-state index < -0.39 is 5.97 Å². The number of carboxylic acids is 1. The number of carbonyl (C=O) groups excluding carboxylic acids is 1. The van der Waals surface area contributed by atoms with Gasteiger partial charge in [0.2, 0.25) is 11.7 Å². The van der Waals surface area contributed by atoms with E-state index >= 15 is 0 Å². The zero-order valence-corrected chi connectivity index (χ0v) is 14.3. The first-order valence-electron chi connectivity index (χ1n) is 8.58. The van der Waals surface area contributed by atoms with Gasteiger partial charge in [-0.15, -0.1) is 0 Å². The van der Waals surface area contributed by atoms with E-state index in [4.69, 9.17) is 9.52 Å². The Morgan fingerprint density at radius 2 is 2.08 bits per heavy atom. The summed E-state index contributed by atoms with van der Waals surface area (Å²) in [6.07, 6.45) is 2.59. The van der Waals surface area contributed by atoms with Crippen LogP contribution in [0.4, 0.5) is 0 Å². The van der Waals surface area contributed by atoms with Crippen molar-refractivity contribution in [3.63, 3.8) is 0 Å². The molecule has 1 aromatic heterocycles. The molecule has 6 heteroatoms. The first-order chi connectivity index (χ1) is 12.0. The monoisotopic (exact) mass is 342 g/mol. The molecule has 3 rings (SSSR count). The van der Waals surface area contributed by atoms with Gasteiger partial charge in [0.05, 0.1) is 5.69 Å². The number of benzene rings is 1. The van der Waals surface area contributed by atoms with Gasteiger partial charge in [0.25, 0.3) is 5.91 Å². The number of amides is 1. The fourth-order valence-electron chi connectivity index (χ4n) is 3.26. The van der Waals surface area contributed by atoms with Crippen LogP contribution in [0, 0.1) is 12.8 Å². The SMILES string of the molecule is Cc1nc(-c2ccccc2)oc1C(=O)N1CCCC(CCC(=O)O)C1. The van der Waals surface area contributed by atoms with E-state index in [2.05, 4.69) is 4.98 Å². The van der Waals surface area contributed by atoms with Crippen molar-refractivity contribution in [3.05, 3.63) is 41.8 Å². The van der Waals surface area contributed by atoms with Gasteiger partial charge in [0.15, 0.2) is 0 Å². The number of hydrogen-bond donors (Lipinski definition) is 1. The molecular weight excluding hydrogens is 320 g/mol. The van der Waals surface area contributed by atoms with Crippen LogP contribution in [0.15, 0.2) is 34.7 Å². The van der Waals surface area contributed by atoms with Gasteiger partial charge in [-0.1, -0.05) is 18.2 Å². The molecule has 2 heterocycles. The number of rotatable bonds is 5. The quantitative estimate of drug-likeness (QED) is 0.900. The van der Waals surface area contributed by atoms with Crippen molar-refractivity contribution in [3.8, 4) is 11.5 Å². The van der Waals surface area contributed by atoms with Crippen molar-refractivity contribution in [2.75, 3.05) is 13.1 Å². The van der Waals surface area contributed by atoms with Crippen LogP contribution in [-0.2, 0) is 4.79 Å². The van der Waals surface area contributed by atoms with Crippen molar-refractivity contribution >= 4 is 11.9 Å². The molecule has 1 aliphatic heterocycles. The molecule has 1 N–H and O–H groups in total. The highest BCUT2D eigenvalue weighted by atomic mass is 16.4. The maximum Gasteiger partial charge on any atom is 0.303 e. The molecule has 0 aliphatic carbocycles. The number of carbonyl (C=O) groups is 2. The van der Waals surface area contributed by atoms with E-state index in [9.17, 15) is 9.59 Å². The van der Waals surface area contributed by atoms with Crippen LogP contribution >= 0.6 is 0 Å². The number of likely N-dealkylation sites (tertiary alicyclic amines) is 1. The van der Waals surface area contributed by atoms with Gasteiger partial charge in [-0.05, 0) is 44.2 Å². The minimum atomic E-state index is -0.790. The number of piperidine rings is 1. The standard InChI is InChI=1S/C19H22N2O4/c1-13-17(25-18(20-13)15-7-3-2-4-8-15)19(24)21-11-5-6-14(12-21)9-10-16(22)23/h2-4,7-8,14H,5-6,9-12H2,1H3,(H,22,23). The molecule has 0 bridgehead atoms. The van der Waals surface area contributed by atoms with Crippen LogP contribution in [0.5, 0.6) is 0 Å². The maximum absolute atomic E-state index is 12.8. The lowest BCUT2D eigenvalue weighted by Crippen LogP contribution is -2.40. The zero-order valence-electron chi connectivity index (χ0n) is 14.3. The van der Waals surface area contributed by atoms with Crippen molar-refractivity contribution in [2.24, 2.45) is 5.92 Å².